The minimum Gasteiger partial charge on any atom is -0.254 e. The summed E-state index contributed by atoms with van der Waals surface area (Å²) in [6, 6.07) is 7.70. The molecule has 1 heterocycles. The van der Waals surface area contributed by atoms with E-state index in [0.717, 1.165) is 23.4 Å². The summed E-state index contributed by atoms with van der Waals surface area (Å²) in [5.74, 6) is 0. The van der Waals surface area contributed by atoms with Crippen molar-refractivity contribution in [3.8, 4) is 0 Å². The molecule has 0 radical (unpaired) electrons. The lowest BCUT2D eigenvalue weighted by atomic mass is 9.91. The van der Waals surface area contributed by atoms with Crippen LogP contribution >= 0.6 is 0 Å². The van der Waals surface area contributed by atoms with Gasteiger partial charge in [0.05, 0.1) is 11.4 Å². The average Bonchev–Trinajstić information content (AvgIpc) is 2.53. The Hall–Kier alpha value is -1.19. The number of fused-ring (bicyclic) bond motifs is 1. The molecule has 0 amide bonds. The van der Waals surface area contributed by atoms with Gasteiger partial charge in [0.15, 0.2) is 5.60 Å². The molecule has 1 aromatic carbocycles. The fraction of sp³-hybridized carbons (Fsp3) is 0.364. The maximum Gasteiger partial charge on any atom is 0.165 e. The molecule has 3 nitrogen and oxygen atoms in total. The van der Waals surface area contributed by atoms with Gasteiger partial charge in [-0.25, -0.2) is 4.89 Å². The molecular formula is C11H13NO2. The highest BCUT2D eigenvalue weighted by Crippen LogP contribution is 2.41. The van der Waals surface area contributed by atoms with Crippen LogP contribution in [0.1, 0.15) is 25.8 Å². The van der Waals surface area contributed by atoms with Crippen LogP contribution in [-0.2, 0) is 10.5 Å². The zero-order chi connectivity index (χ0) is 10.2. The fourth-order valence-corrected chi connectivity index (χ4v) is 1.90. The van der Waals surface area contributed by atoms with Crippen molar-refractivity contribution in [3.05, 3.63) is 29.8 Å². The molecule has 3 heteroatoms. The van der Waals surface area contributed by atoms with Crippen LogP contribution in [0.15, 0.2) is 29.3 Å². The van der Waals surface area contributed by atoms with Gasteiger partial charge < -0.3 is 0 Å². The summed E-state index contributed by atoms with van der Waals surface area (Å²) in [5, 5.41) is 8.99. The Kier molecular flexibility index (Phi) is 2.13. The third-order valence-electron chi connectivity index (χ3n) is 2.74. The Morgan fingerprint density at radius 3 is 2.79 bits per heavy atom. The molecule has 14 heavy (non-hydrogen) atoms. The fourth-order valence-electron chi connectivity index (χ4n) is 1.90. The zero-order valence-electron chi connectivity index (χ0n) is 8.32. The molecular weight excluding hydrogens is 178 g/mol. The lowest BCUT2D eigenvalue weighted by Crippen LogP contribution is -2.31. The highest BCUT2D eigenvalue weighted by molar-refractivity contribution is 5.99. The van der Waals surface area contributed by atoms with Crippen molar-refractivity contribution in [2.75, 3.05) is 0 Å². The van der Waals surface area contributed by atoms with Crippen molar-refractivity contribution in [1.29, 1.82) is 0 Å². The number of rotatable bonds is 2. The van der Waals surface area contributed by atoms with Gasteiger partial charge >= 0.3 is 0 Å². The van der Waals surface area contributed by atoms with Crippen molar-refractivity contribution in [3.63, 3.8) is 0 Å². The lowest BCUT2D eigenvalue weighted by Gasteiger charge is -2.22. The van der Waals surface area contributed by atoms with E-state index in [-0.39, 0.29) is 0 Å². The summed E-state index contributed by atoms with van der Waals surface area (Å²) in [6.07, 6.45) is 0.770. The zero-order valence-corrected chi connectivity index (χ0v) is 8.32. The molecule has 1 aliphatic heterocycles. The van der Waals surface area contributed by atoms with Gasteiger partial charge in [-0.1, -0.05) is 25.1 Å². The Labute approximate surface area is 83.0 Å². The average molecular weight is 191 g/mol. The highest BCUT2D eigenvalue weighted by Gasteiger charge is 2.39. The van der Waals surface area contributed by atoms with E-state index < -0.39 is 5.60 Å². The SMILES string of the molecule is CCC1=Nc2ccccc2C1(C)OO. The van der Waals surface area contributed by atoms with E-state index in [1.807, 2.05) is 38.1 Å². The van der Waals surface area contributed by atoms with E-state index >= 15 is 0 Å². The maximum absolute atomic E-state index is 8.99. The molecule has 0 aliphatic carbocycles. The third-order valence-corrected chi connectivity index (χ3v) is 2.74. The molecule has 1 atom stereocenters. The van der Waals surface area contributed by atoms with Gasteiger partial charge in [0.1, 0.15) is 0 Å². The van der Waals surface area contributed by atoms with E-state index in [4.69, 9.17) is 5.26 Å². The standard InChI is InChI=1S/C11H13NO2/c1-3-10-11(2,14-13)8-6-4-5-7-9(8)12-10/h4-7,13H,3H2,1-2H3. The van der Waals surface area contributed by atoms with Crippen molar-refractivity contribution < 1.29 is 10.1 Å². The van der Waals surface area contributed by atoms with E-state index in [1.54, 1.807) is 0 Å². The Morgan fingerprint density at radius 2 is 2.14 bits per heavy atom. The summed E-state index contributed by atoms with van der Waals surface area (Å²) in [6.45, 7) is 3.84. The van der Waals surface area contributed by atoms with Crippen LogP contribution in [0, 0.1) is 0 Å². The monoisotopic (exact) mass is 191 g/mol. The van der Waals surface area contributed by atoms with Gasteiger partial charge in [0, 0.05) is 5.56 Å². The number of benzene rings is 1. The number of hydrogen-bond acceptors (Lipinski definition) is 3. The van der Waals surface area contributed by atoms with Crippen LogP contribution in [0.5, 0.6) is 0 Å². The molecule has 2 rings (SSSR count). The first-order valence-corrected chi connectivity index (χ1v) is 4.72. The van der Waals surface area contributed by atoms with E-state index in [1.165, 1.54) is 0 Å². The van der Waals surface area contributed by atoms with E-state index in [0.29, 0.717) is 0 Å². The minimum atomic E-state index is -0.759. The topological polar surface area (TPSA) is 41.8 Å². The molecule has 1 aromatic rings. The van der Waals surface area contributed by atoms with Gasteiger partial charge in [-0.3, -0.25) is 10.2 Å². The van der Waals surface area contributed by atoms with Crippen LogP contribution in [0.3, 0.4) is 0 Å². The lowest BCUT2D eigenvalue weighted by molar-refractivity contribution is -0.299. The molecule has 74 valence electrons. The first-order valence-electron chi connectivity index (χ1n) is 4.72. The maximum atomic E-state index is 8.99. The van der Waals surface area contributed by atoms with E-state index in [2.05, 4.69) is 9.88 Å². The molecule has 1 unspecified atom stereocenters. The summed E-state index contributed by atoms with van der Waals surface area (Å²) in [4.78, 5) is 9.02. The Bertz CT molecular complexity index is 387. The molecule has 0 fully saturated rings. The molecule has 0 saturated heterocycles. The normalized spacial score (nSPS) is 24.6. The number of hydrogen-bond donors (Lipinski definition) is 1. The highest BCUT2D eigenvalue weighted by atomic mass is 17.1. The predicted molar refractivity (Wildman–Crippen MR) is 54.9 cm³/mol. The second-order valence-electron chi connectivity index (χ2n) is 3.55. The molecule has 0 spiro atoms. The number of para-hydroxylation sites is 1. The summed E-state index contributed by atoms with van der Waals surface area (Å²) in [5.41, 5.74) is 1.92. The summed E-state index contributed by atoms with van der Waals surface area (Å²) >= 11 is 0. The molecule has 0 aromatic heterocycles. The van der Waals surface area contributed by atoms with Crippen LogP contribution in [0.2, 0.25) is 0 Å². The second kappa shape index (κ2) is 3.19. The third kappa shape index (κ3) is 1.10. The Morgan fingerprint density at radius 1 is 1.43 bits per heavy atom. The van der Waals surface area contributed by atoms with Gasteiger partial charge in [-0.15, -0.1) is 0 Å². The van der Waals surface area contributed by atoms with Crippen LogP contribution < -0.4 is 0 Å². The van der Waals surface area contributed by atoms with Gasteiger partial charge in [0.2, 0.25) is 0 Å². The van der Waals surface area contributed by atoms with Crippen molar-refractivity contribution >= 4 is 11.4 Å². The number of aliphatic imine (C=N–C) groups is 1. The van der Waals surface area contributed by atoms with Crippen molar-refractivity contribution in [2.45, 2.75) is 25.9 Å². The van der Waals surface area contributed by atoms with Crippen molar-refractivity contribution in [1.82, 2.24) is 0 Å². The largest absolute Gasteiger partial charge is 0.254 e. The molecule has 1 aliphatic rings. The molecule has 0 bridgehead atoms. The first-order chi connectivity index (χ1) is 6.72. The van der Waals surface area contributed by atoms with Crippen LogP contribution in [0.4, 0.5) is 5.69 Å². The van der Waals surface area contributed by atoms with Crippen LogP contribution in [0.25, 0.3) is 0 Å². The second-order valence-corrected chi connectivity index (χ2v) is 3.55. The van der Waals surface area contributed by atoms with E-state index in [9.17, 15) is 0 Å². The summed E-state index contributed by atoms with van der Waals surface area (Å²) < 4.78 is 0. The smallest absolute Gasteiger partial charge is 0.165 e. The summed E-state index contributed by atoms with van der Waals surface area (Å²) in [7, 11) is 0. The first kappa shape index (κ1) is 9.37. The molecule has 0 saturated carbocycles. The predicted octanol–water partition coefficient (Wildman–Crippen LogP) is 2.89. The Balaban J connectivity index is 2.57. The minimum absolute atomic E-state index is 0.759. The van der Waals surface area contributed by atoms with Crippen molar-refractivity contribution in [2.24, 2.45) is 4.99 Å². The van der Waals surface area contributed by atoms with Gasteiger partial charge in [0.25, 0.3) is 0 Å². The quantitative estimate of drug-likeness (QED) is 0.577. The number of nitrogens with zero attached hydrogens (tertiary/aromatic N) is 1. The molecule has 1 N–H and O–H groups in total. The van der Waals surface area contributed by atoms with Gasteiger partial charge in [-0.05, 0) is 19.4 Å². The van der Waals surface area contributed by atoms with Gasteiger partial charge in [-0.2, -0.15) is 0 Å². The van der Waals surface area contributed by atoms with Crippen LogP contribution in [-0.4, -0.2) is 11.0 Å².